The Hall–Kier alpha value is -2.48. The number of pyridine rings is 1. The average Bonchev–Trinajstić information content (AvgIpc) is 3.26. The van der Waals surface area contributed by atoms with E-state index in [0.717, 1.165) is 61.3 Å². The lowest BCUT2D eigenvalue weighted by Gasteiger charge is -2.42. The van der Waals surface area contributed by atoms with Crippen LogP contribution in [0.4, 0.5) is 5.82 Å². The van der Waals surface area contributed by atoms with Crippen molar-refractivity contribution in [3.63, 3.8) is 0 Å². The van der Waals surface area contributed by atoms with E-state index in [0.29, 0.717) is 13.2 Å². The molecule has 1 saturated heterocycles. The number of carboxylic acid groups (broad SMARTS) is 1. The summed E-state index contributed by atoms with van der Waals surface area (Å²) in [5, 5.41) is 13.5. The number of carboxylic acids is 1. The first-order chi connectivity index (χ1) is 17.0. The Bertz CT molecular complexity index is 1040. The lowest BCUT2D eigenvalue weighted by atomic mass is 9.86. The number of rotatable bonds is 9. The van der Waals surface area contributed by atoms with Gasteiger partial charge in [-0.1, -0.05) is 30.3 Å². The van der Waals surface area contributed by atoms with E-state index in [9.17, 15) is 9.90 Å². The van der Waals surface area contributed by atoms with Gasteiger partial charge >= 0.3 is 5.97 Å². The molecule has 0 radical (unpaired) electrons. The Morgan fingerprint density at radius 1 is 1.20 bits per heavy atom. The number of hydrogen-bond acceptors (Lipinski definition) is 6. The molecule has 2 N–H and O–H groups in total. The van der Waals surface area contributed by atoms with E-state index in [1.807, 2.05) is 38.1 Å². The lowest BCUT2D eigenvalue weighted by Crippen LogP contribution is -2.46. The first-order valence-electron chi connectivity index (χ1n) is 13.1. The molecule has 3 aliphatic heterocycles. The first-order valence-corrected chi connectivity index (χ1v) is 13.1. The summed E-state index contributed by atoms with van der Waals surface area (Å²) >= 11 is 0. The molecule has 2 aromatic rings. The number of unbranched alkanes of at least 4 members (excludes halogenated alkanes) is 1. The zero-order chi connectivity index (χ0) is 24.4. The average molecular weight is 480 g/mol. The molecule has 7 heteroatoms. The molecule has 0 spiro atoms. The van der Waals surface area contributed by atoms with Gasteiger partial charge < -0.3 is 19.9 Å². The van der Waals surface area contributed by atoms with Crippen LogP contribution in [-0.4, -0.2) is 58.9 Å². The number of fused-ring (bicyclic) bond motifs is 3. The number of aliphatic carboxylic acids is 1. The second kappa shape index (κ2) is 10.6. The minimum Gasteiger partial charge on any atom is -0.480 e. The van der Waals surface area contributed by atoms with Crippen LogP contribution in [0.5, 0.6) is 0 Å². The fraction of sp³-hybridized carbons (Fsp3) is 0.571. The summed E-state index contributed by atoms with van der Waals surface area (Å²) in [5.41, 5.74) is 4.30. The molecule has 0 aliphatic carbocycles. The van der Waals surface area contributed by atoms with Gasteiger partial charge in [-0.3, -0.25) is 9.69 Å². The van der Waals surface area contributed by atoms with Crippen molar-refractivity contribution in [3.05, 3.63) is 58.8 Å². The largest absolute Gasteiger partial charge is 0.480 e. The van der Waals surface area contributed by atoms with E-state index < -0.39 is 12.0 Å². The van der Waals surface area contributed by atoms with Crippen molar-refractivity contribution in [1.29, 1.82) is 0 Å². The van der Waals surface area contributed by atoms with E-state index in [1.165, 1.54) is 12.0 Å². The van der Waals surface area contributed by atoms with Gasteiger partial charge in [0.1, 0.15) is 11.9 Å². The van der Waals surface area contributed by atoms with Gasteiger partial charge in [0.25, 0.3) is 0 Å². The Morgan fingerprint density at radius 2 is 2.03 bits per heavy atom. The van der Waals surface area contributed by atoms with Gasteiger partial charge in [0.05, 0.1) is 18.3 Å². The van der Waals surface area contributed by atoms with Crippen molar-refractivity contribution in [3.8, 4) is 0 Å². The number of ether oxygens (including phenoxy) is 2. The van der Waals surface area contributed by atoms with E-state index in [-0.39, 0.29) is 24.4 Å². The quantitative estimate of drug-likeness (QED) is 0.511. The highest BCUT2D eigenvalue weighted by Gasteiger charge is 2.49. The van der Waals surface area contributed by atoms with Gasteiger partial charge in [0.2, 0.25) is 0 Å². The first kappa shape index (κ1) is 24.2. The van der Waals surface area contributed by atoms with Crippen molar-refractivity contribution in [2.24, 2.45) is 0 Å². The zero-order valence-corrected chi connectivity index (χ0v) is 20.8. The highest BCUT2D eigenvalue weighted by molar-refractivity contribution is 5.77. The van der Waals surface area contributed by atoms with Crippen LogP contribution >= 0.6 is 0 Å². The Morgan fingerprint density at radius 3 is 2.83 bits per heavy atom. The third-order valence-electron chi connectivity index (χ3n) is 7.41. The van der Waals surface area contributed by atoms with Gasteiger partial charge in [-0.25, -0.2) is 4.98 Å². The molecule has 4 atom stereocenters. The smallest absolute Gasteiger partial charge is 0.325 e. The van der Waals surface area contributed by atoms with E-state index >= 15 is 0 Å². The number of aryl methyl sites for hydroxylation is 2. The Balaban J connectivity index is 1.17. The summed E-state index contributed by atoms with van der Waals surface area (Å²) in [5.74, 6) is 0.248. The predicted molar refractivity (Wildman–Crippen MR) is 135 cm³/mol. The fourth-order valence-electron chi connectivity index (χ4n) is 5.87. The number of carbonyl (C=O) groups is 1. The van der Waals surface area contributed by atoms with E-state index in [4.69, 9.17) is 14.5 Å². The summed E-state index contributed by atoms with van der Waals surface area (Å²) in [6.45, 7) is 6.37. The van der Waals surface area contributed by atoms with Crippen LogP contribution in [0.25, 0.3) is 0 Å². The van der Waals surface area contributed by atoms with Crippen molar-refractivity contribution < 1.29 is 19.4 Å². The highest BCUT2D eigenvalue weighted by atomic mass is 16.5. The number of nitrogens with zero attached hydrogens (tertiary/aromatic N) is 2. The molecule has 5 rings (SSSR count). The maximum atomic E-state index is 12.3. The minimum atomic E-state index is -0.807. The van der Waals surface area contributed by atoms with Gasteiger partial charge in [-0.05, 0) is 75.1 Å². The maximum absolute atomic E-state index is 12.3. The molecule has 35 heavy (non-hydrogen) atoms. The number of nitrogens with one attached hydrogen (secondary N) is 1. The van der Waals surface area contributed by atoms with Crippen LogP contribution in [-0.2, 0) is 27.1 Å². The number of aromatic nitrogens is 1. The van der Waals surface area contributed by atoms with Crippen LogP contribution in [0, 0.1) is 0 Å². The van der Waals surface area contributed by atoms with Crippen molar-refractivity contribution in [2.75, 3.05) is 25.0 Å². The van der Waals surface area contributed by atoms with Crippen molar-refractivity contribution >= 4 is 11.8 Å². The third kappa shape index (κ3) is 5.22. The molecular weight excluding hydrogens is 442 g/mol. The summed E-state index contributed by atoms with van der Waals surface area (Å²) in [7, 11) is 0. The summed E-state index contributed by atoms with van der Waals surface area (Å²) < 4.78 is 12.6. The number of anilines is 1. The monoisotopic (exact) mass is 479 g/mol. The topological polar surface area (TPSA) is 83.9 Å². The molecule has 0 bridgehead atoms. The molecule has 1 aromatic heterocycles. The molecule has 188 valence electrons. The van der Waals surface area contributed by atoms with Gasteiger partial charge in [-0.2, -0.15) is 0 Å². The second-order valence-electron chi connectivity index (χ2n) is 10.3. The lowest BCUT2D eigenvalue weighted by molar-refractivity contribution is -0.147. The van der Waals surface area contributed by atoms with Crippen molar-refractivity contribution in [1.82, 2.24) is 9.88 Å². The molecule has 4 heterocycles. The van der Waals surface area contributed by atoms with E-state index in [1.54, 1.807) is 0 Å². The fourth-order valence-corrected chi connectivity index (χ4v) is 5.87. The van der Waals surface area contributed by atoms with E-state index in [2.05, 4.69) is 22.3 Å². The predicted octanol–water partition coefficient (Wildman–Crippen LogP) is 4.53. The van der Waals surface area contributed by atoms with Gasteiger partial charge in [0, 0.05) is 31.4 Å². The molecule has 0 amide bonds. The van der Waals surface area contributed by atoms with Crippen LogP contribution in [0.1, 0.15) is 74.1 Å². The standard InChI is InChI=1S/C28H37N3O4/c1-18(2)35-26-23-11-4-3-10-22(23)25(28(32)33)31-17-21(16-24(26)31)34-15-6-5-9-20-13-12-19-8-7-14-29-27(19)30-20/h3-4,10-13,18,21,24-26H,5-9,14-17H2,1-2H3,(H,29,30)(H,32,33)/t21-,24?,25-,26+/m1/s1. The summed E-state index contributed by atoms with van der Waals surface area (Å²) in [6.07, 6.45) is 5.93. The van der Waals surface area contributed by atoms with Crippen LogP contribution < -0.4 is 5.32 Å². The van der Waals surface area contributed by atoms with Gasteiger partial charge in [0.15, 0.2) is 0 Å². The van der Waals surface area contributed by atoms with Crippen LogP contribution in [0.3, 0.4) is 0 Å². The Kier molecular flexibility index (Phi) is 7.37. The minimum absolute atomic E-state index is 0.00518. The SMILES string of the molecule is CC(C)O[C@H]1c2ccccc2[C@H](C(=O)O)N2C[C@H](OCCCCc3ccc4c(n3)NCCC4)CC12. The van der Waals surface area contributed by atoms with Crippen molar-refractivity contribution in [2.45, 2.75) is 82.8 Å². The summed E-state index contributed by atoms with van der Waals surface area (Å²) in [6, 6.07) is 11.6. The molecule has 0 saturated carbocycles. The summed E-state index contributed by atoms with van der Waals surface area (Å²) in [4.78, 5) is 19.2. The van der Waals surface area contributed by atoms with Crippen LogP contribution in [0.15, 0.2) is 36.4 Å². The molecular formula is C28H37N3O4. The van der Waals surface area contributed by atoms with Gasteiger partial charge in [-0.15, -0.1) is 0 Å². The third-order valence-corrected chi connectivity index (χ3v) is 7.41. The molecule has 3 aliphatic rings. The second-order valence-corrected chi connectivity index (χ2v) is 10.3. The maximum Gasteiger partial charge on any atom is 0.325 e. The highest BCUT2D eigenvalue weighted by Crippen LogP contribution is 2.46. The number of benzene rings is 1. The molecule has 7 nitrogen and oxygen atoms in total. The molecule has 1 aromatic carbocycles. The van der Waals surface area contributed by atoms with Crippen LogP contribution in [0.2, 0.25) is 0 Å². The number of hydrogen-bond donors (Lipinski definition) is 2. The molecule has 1 fully saturated rings. The zero-order valence-electron chi connectivity index (χ0n) is 20.8. The Labute approximate surface area is 207 Å². The molecule has 1 unspecified atom stereocenters. The normalized spacial score (nSPS) is 25.6.